The highest BCUT2D eigenvalue weighted by atomic mass is 16.6. The van der Waals surface area contributed by atoms with Crippen molar-refractivity contribution in [3.05, 3.63) is 0 Å². The van der Waals surface area contributed by atoms with Crippen LogP contribution in [0.1, 0.15) is 259 Å². The van der Waals surface area contributed by atoms with Crippen molar-refractivity contribution in [2.45, 2.75) is 265 Å². The zero-order chi connectivity index (χ0) is 39.7. The molecule has 0 N–H and O–H groups in total. The second-order valence-electron chi connectivity index (χ2n) is 17.3. The van der Waals surface area contributed by atoms with Crippen LogP contribution < -0.4 is 0 Å². The quantitative estimate of drug-likeness (QED) is 0.0350. The molecule has 0 fully saturated rings. The third-order valence-electron chi connectivity index (χ3n) is 10.7. The molecule has 0 rings (SSSR count). The molecule has 0 aliphatic rings. The van der Waals surface area contributed by atoms with Gasteiger partial charge in [0.1, 0.15) is 13.2 Å². The van der Waals surface area contributed by atoms with E-state index in [9.17, 15) is 14.4 Å². The van der Waals surface area contributed by atoms with Gasteiger partial charge < -0.3 is 14.2 Å². The first-order valence-electron chi connectivity index (χ1n) is 23.7. The predicted octanol–water partition coefficient (Wildman–Crippen LogP) is 15.0. The zero-order valence-electron chi connectivity index (χ0n) is 36.8. The van der Waals surface area contributed by atoms with Crippen LogP contribution in [0, 0.1) is 11.8 Å². The molecular weight excluding hydrogens is 673 g/mol. The van der Waals surface area contributed by atoms with Crippen molar-refractivity contribution in [3.63, 3.8) is 0 Å². The van der Waals surface area contributed by atoms with Gasteiger partial charge >= 0.3 is 17.9 Å². The molecule has 0 aromatic rings. The predicted molar refractivity (Wildman–Crippen MR) is 229 cm³/mol. The molecule has 6 heteroatoms. The van der Waals surface area contributed by atoms with Gasteiger partial charge in [-0.25, -0.2) is 0 Å². The lowest BCUT2D eigenvalue weighted by Crippen LogP contribution is -2.30. The second-order valence-corrected chi connectivity index (χ2v) is 17.3. The van der Waals surface area contributed by atoms with E-state index in [0.29, 0.717) is 19.3 Å². The lowest BCUT2D eigenvalue weighted by molar-refractivity contribution is -0.167. The number of esters is 3. The first-order valence-corrected chi connectivity index (χ1v) is 23.7. The van der Waals surface area contributed by atoms with Crippen LogP contribution in [-0.4, -0.2) is 37.2 Å². The van der Waals surface area contributed by atoms with E-state index in [1.165, 1.54) is 148 Å². The molecule has 0 aromatic heterocycles. The largest absolute Gasteiger partial charge is 0.462 e. The molecule has 1 atom stereocenters. The maximum Gasteiger partial charge on any atom is 0.306 e. The van der Waals surface area contributed by atoms with Gasteiger partial charge in [0.05, 0.1) is 0 Å². The maximum atomic E-state index is 12.7. The van der Waals surface area contributed by atoms with Crippen molar-refractivity contribution < 1.29 is 28.6 Å². The Hall–Kier alpha value is -1.59. The van der Waals surface area contributed by atoms with Crippen molar-refractivity contribution in [1.29, 1.82) is 0 Å². The Morgan fingerprint density at radius 2 is 0.611 bits per heavy atom. The molecule has 0 aliphatic heterocycles. The van der Waals surface area contributed by atoms with Gasteiger partial charge in [-0.05, 0) is 31.1 Å². The smallest absolute Gasteiger partial charge is 0.306 e. The summed E-state index contributed by atoms with van der Waals surface area (Å²) in [5.74, 6) is 0.750. The molecular formula is C48H92O6. The fraction of sp³-hybridized carbons (Fsp3) is 0.938. The second kappa shape index (κ2) is 41.1. The molecule has 0 bridgehead atoms. The minimum atomic E-state index is -0.760. The van der Waals surface area contributed by atoms with Gasteiger partial charge in [-0.3, -0.25) is 14.4 Å². The summed E-state index contributed by atoms with van der Waals surface area (Å²) < 4.78 is 16.7. The highest BCUT2D eigenvalue weighted by Gasteiger charge is 2.19. The van der Waals surface area contributed by atoms with Crippen LogP contribution in [0.4, 0.5) is 0 Å². The van der Waals surface area contributed by atoms with E-state index >= 15 is 0 Å². The molecule has 0 radical (unpaired) electrons. The van der Waals surface area contributed by atoms with Crippen LogP contribution in [0.3, 0.4) is 0 Å². The molecule has 320 valence electrons. The summed E-state index contributed by atoms with van der Waals surface area (Å²) >= 11 is 0. The van der Waals surface area contributed by atoms with Crippen molar-refractivity contribution in [2.24, 2.45) is 11.8 Å². The molecule has 0 saturated carbocycles. The lowest BCUT2D eigenvalue weighted by Gasteiger charge is -2.18. The van der Waals surface area contributed by atoms with Gasteiger partial charge in [0.2, 0.25) is 0 Å². The average Bonchev–Trinajstić information content (AvgIpc) is 3.14. The summed E-state index contributed by atoms with van der Waals surface area (Å²) in [6.07, 6.45) is 39.6. The van der Waals surface area contributed by atoms with E-state index in [4.69, 9.17) is 14.2 Å². The minimum Gasteiger partial charge on any atom is -0.462 e. The summed E-state index contributed by atoms with van der Waals surface area (Å²) in [7, 11) is 0. The van der Waals surface area contributed by atoms with Crippen LogP contribution in [-0.2, 0) is 28.6 Å². The van der Waals surface area contributed by atoms with E-state index in [1.807, 2.05) is 0 Å². The Morgan fingerprint density at radius 1 is 0.352 bits per heavy atom. The number of carbonyl (C=O) groups excluding carboxylic acids is 3. The summed E-state index contributed by atoms with van der Waals surface area (Å²) in [6, 6.07) is 0. The Bertz CT molecular complexity index is 824. The van der Waals surface area contributed by atoms with Crippen LogP contribution in [0.2, 0.25) is 0 Å². The monoisotopic (exact) mass is 765 g/mol. The normalized spacial score (nSPS) is 12.1. The fourth-order valence-electron chi connectivity index (χ4n) is 7.11. The Labute approximate surface area is 336 Å². The van der Waals surface area contributed by atoms with Crippen LogP contribution >= 0.6 is 0 Å². The zero-order valence-corrected chi connectivity index (χ0v) is 36.8. The number of carbonyl (C=O) groups is 3. The van der Waals surface area contributed by atoms with E-state index < -0.39 is 6.10 Å². The van der Waals surface area contributed by atoms with Gasteiger partial charge in [0, 0.05) is 19.3 Å². The summed E-state index contributed by atoms with van der Waals surface area (Å²) in [6.45, 7) is 11.3. The van der Waals surface area contributed by atoms with Gasteiger partial charge in [-0.2, -0.15) is 0 Å². The third kappa shape index (κ3) is 41.6. The number of hydrogen-bond acceptors (Lipinski definition) is 6. The molecule has 0 aromatic carbocycles. The lowest BCUT2D eigenvalue weighted by atomic mass is 10.0. The topological polar surface area (TPSA) is 78.9 Å². The van der Waals surface area contributed by atoms with Crippen LogP contribution in [0.15, 0.2) is 0 Å². The van der Waals surface area contributed by atoms with E-state index in [2.05, 4.69) is 34.6 Å². The van der Waals surface area contributed by atoms with Gasteiger partial charge in [-0.1, -0.05) is 221 Å². The highest BCUT2D eigenvalue weighted by Crippen LogP contribution is 2.17. The molecule has 54 heavy (non-hydrogen) atoms. The summed E-state index contributed by atoms with van der Waals surface area (Å²) in [5.41, 5.74) is 0. The number of ether oxygens (including phenoxy) is 3. The van der Waals surface area contributed by atoms with Crippen LogP contribution in [0.25, 0.3) is 0 Å². The number of rotatable bonds is 42. The van der Waals surface area contributed by atoms with Gasteiger partial charge in [0.25, 0.3) is 0 Å². The summed E-state index contributed by atoms with van der Waals surface area (Å²) in [4.78, 5) is 37.7. The summed E-state index contributed by atoms with van der Waals surface area (Å²) in [5, 5.41) is 0. The van der Waals surface area contributed by atoms with E-state index in [-0.39, 0.29) is 31.1 Å². The maximum absolute atomic E-state index is 12.7. The Morgan fingerprint density at radius 3 is 0.907 bits per heavy atom. The van der Waals surface area contributed by atoms with E-state index in [1.54, 1.807) is 0 Å². The molecule has 0 heterocycles. The van der Waals surface area contributed by atoms with Gasteiger partial charge in [-0.15, -0.1) is 0 Å². The minimum absolute atomic E-state index is 0.0654. The SMILES string of the molecule is CCCCCCCCCCCC(=O)OC[C@@H](COC(=O)CCCCCCCCC(C)C)OC(=O)CCCCCCCCCCCCCCCCCC(C)C. The Kier molecular flexibility index (Phi) is 39.8. The fourth-order valence-corrected chi connectivity index (χ4v) is 7.11. The van der Waals surface area contributed by atoms with Crippen LogP contribution in [0.5, 0.6) is 0 Å². The standard InChI is InChI=1S/C48H92O6/c1-6-7-8-9-10-18-22-28-33-38-46(49)52-41-45(42-53-47(50)39-34-29-25-24-27-32-37-44(4)5)54-48(51)40-35-30-23-20-17-15-13-11-12-14-16-19-21-26-31-36-43(2)3/h43-45H,6-42H2,1-5H3/t45-/m0/s1. The average molecular weight is 765 g/mol. The van der Waals surface area contributed by atoms with Crippen molar-refractivity contribution in [3.8, 4) is 0 Å². The van der Waals surface area contributed by atoms with Crippen molar-refractivity contribution in [1.82, 2.24) is 0 Å². The molecule has 0 unspecified atom stereocenters. The molecule has 0 saturated heterocycles. The number of unbranched alkanes of at least 4 members (excludes halogenated alkanes) is 27. The van der Waals surface area contributed by atoms with Crippen molar-refractivity contribution in [2.75, 3.05) is 13.2 Å². The Balaban J connectivity index is 4.24. The molecule has 0 aliphatic carbocycles. The molecule has 0 amide bonds. The first kappa shape index (κ1) is 52.4. The number of hydrogen-bond donors (Lipinski definition) is 0. The third-order valence-corrected chi connectivity index (χ3v) is 10.7. The molecule has 6 nitrogen and oxygen atoms in total. The van der Waals surface area contributed by atoms with Crippen molar-refractivity contribution >= 4 is 17.9 Å². The van der Waals surface area contributed by atoms with Gasteiger partial charge in [0.15, 0.2) is 6.10 Å². The first-order chi connectivity index (χ1) is 26.2. The molecule has 0 spiro atoms. The highest BCUT2D eigenvalue weighted by molar-refractivity contribution is 5.71. The van der Waals surface area contributed by atoms with E-state index in [0.717, 1.165) is 69.6 Å².